The normalized spacial score (nSPS) is 18.3. The second kappa shape index (κ2) is 7.20. The molecule has 0 aromatic carbocycles. The molecule has 3 N–H and O–H groups in total. The van der Waals surface area contributed by atoms with Crippen molar-refractivity contribution in [2.75, 3.05) is 19.6 Å². The molecule has 0 unspecified atom stereocenters. The molecule has 1 rings (SSSR count). The number of hydrogen-bond acceptors (Lipinski definition) is 3. The summed E-state index contributed by atoms with van der Waals surface area (Å²) in [6.07, 6.45) is 4.26. The lowest BCUT2D eigenvalue weighted by atomic mass is 9.87. The van der Waals surface area contributed by atoms with Crippen LogP contribution in [0.3, 0.4) is 0 Å². The highest BCUT2D eigenvalue weighted by Gasteiger charge is 2.23. The first-order valence-electron chi connectivity index (χ1n) is 7.10. The van der Waals surface area contributed by atoms with Gasteiger partial charge in [-0.2, -0.15) is 0 Å². The van der Waals surface area contributed by atoms with Crippen molar-refractivity contribution in [2.24, 2.45) is 11.1 Å². The zero-order chi connectivity index (χ0) is 14.5. The summed E-state index contributed by atoms with van der Waals surface area (Å²) in [6, 6.07) is 0.363. The molecule has 0 aromatic rings. The van der Waals surface area contributed by atoms with E-state index in [1.54, 1.807) is 6.92 Å². The van der Waals surface area contributed by atoms with Crippen molar-refractivity contribution >= 4 is 23.1 Å². The molecule has 1 aliphatic rings. The minimum Gasteiger partial charge on any atom is -0.393 e. The second-order valence-corrected chi connectivity index (χ2v) is 6.61. The SMILES string of the molecule is CC(=O)NC1CCN(CCCC(C)(C)C(N)=S)CC1. The largest absolute Gasteiger partial charge is 0.393 e. The van der Waals surface area contributed by atoms with E-state index < -0.39 is 0 Å². The second-order valence-electron chi connectivity index (χ2n) is 6.17. The molecule has 1 heterocycles. The number of amides is 1. The van der Waals surface area contributed by atoms with Gasteiger partial charge in [-0.25, -0.2) is 0 Å². The van der Waals surface area contributed by atoms with Gasteiger partial charge in [0.15, 0.2) is 0 Å². The van der Waals surface area contributed by atoms with Crippen LogP contribution in [0.4, 0.5) is 0 Å². The van der Waals surface area contributed by atoms with Gasteiger partial charge in [0.25, 0.3) is 0 Å². The van der Waals surface area contributed by atoms with E-state index in [1.807, 2.05) is 0 Å². The smallest absolute Gasteiger partial charge is 0.217 e. The van der Waals surface area contributed by atoms with E-state index in [0.29, 0.717) is 11.0 Å². The zero-order valence-electron chi connectivity index (χ0n) is 12.4. The van der Waals surface area contributed by atoms with Crippen LogP contribution in [0.25, 0.3) is 0 Å². The van der Waals surface area contributed by atoms with Crippen LogP contribution < -0.4 is 11.1 Å². The van der Waals surface area contributed by atoms with Gasteiger partial charge >= 0.3 is 0 Å². The van der Waals surface area contributed by atoms with Gasteiger partial charge in [-0.15, -0.1) is 0 Å². The minimum absolute atomic E-state index is 0.0379. The first kappa shape index (κ1) is 16.4. The van der Waals surface area contributed by atoms with Gasteiger partial charge in [-0.3, -0.25) is 4.79 Å². The van der Waals surface area contributed by atoms with Crippen LogP contribution in [0, 0.1) is 5.41 Å². The average Bonchev–Trinajstić information content (AvgIpc) is 2.30. The van der Waals surface area contributed by atoms with Crippen LogP contribution >= 0.6 is 12.2 Å². The van der Waals surface area contributed by atoms with Crippen LogP contribution in [0.2, 0.25) is 0 Å². The quantitative estimate of drug-likeness (QED) is 0.729. The molecule has 1 aliphatic heterocycles. The number of carbonyl (C=O) groups is 1. The Kier molecular flexibility index (Phi) is 6.20. The highest BCUT2D eigenvalue weighted by molar-refractivity contribution is 7.80. The molecule has 0 bridgehead atoms. The molecule has 1 saturated heterocycles. The van der Waals surface area contributed by atoms with Gasteiger partial charge in [0.05, 0.1) is 4.99 Å². The fourth-order valence-corrected chi connectivity index (χ4v) is 2.56. The number of nitrogens with two attached hydrogens (primary N) is 1. The molecular weight excluding hydrogens is 258 g/mol. The topological polar surface area (TPSA) is 58.4 Å². The van der Waals surface area contributed by atoms with Crippen molar-refractivity contribution in [2.45, 2.75) is 52.5 Å². The highest BCUT2D eigenvalue weighted by Crippen LogP contribution is 2.23. The molecule has 0 atom stereocenters. The number of carbonyl (C=O) groups excluding carboxylic acids is 1. The Bertz CT molecular complexity index is 323. The number of hydrogen-bond donors (Lipinski definition) is 2. The van der Waals surface area contributed by atoms with E-state index in [1.165, 1.54) is 0 Å². The zero-order valence-corrected chi connectivity index (χ0v) is 13.2. The molecule has 0 aromatic heterocycles. The molecule has 1 amide bonds. The van der Waals surface area contributed by atoms with Crippen LogP contribution in [0.15, 0.2) is 0 Å². The molecule has 0 spiro atoms. The van der Waals surface area contributed by atoms with Crippen molar-refractivity contribution in [1.29, 1.82) is 0 Å². The fourth-order valence-electron chi connectivity index (χ4n) is 2.46. The van der Waals surface area contributed by atoms with Crippen LogP contribution in [0.5, 0.6) is 0 Å². The number of nitrogens with one attached hydrogen (secondary N) is 1. The molecule has 0 saturated carbocycles. The number of nitrogens with zero attached hydrogens (tertiary/aromatic N) is 1. The standard InChI is InChI=1S/C14H27N3OS/c1-11(18)16-12-5-9-17(10-6-12)8-4-7-14(2,3)13(15)19/h12H,4-10H2,1-3H3,(H2,15,19)(H,16,18). The summed E-state index contributed by atoms with van der Waals surface area (Å²) >= 11 is 5.08. The van der Waals surface area contributed by atoms with E-state index >= 15 is 0 Å². The first-order chi connectivity index (χ1) is 8.81. The Balaban J connectivity index is 2.20. The molecular formula is C14H27N3OS. The maximum absolute atomic E-state index is 11.0. The van der Waals surface area contributed by atoms with Gasteiger partial charge in [-0.05, 0) is 32.2 Å². The highest BCUT2D eigenvalue weighted by atomic mass is 32.1. The van der Waals surface area contributed by atoms with E-state index in [0.717, 1.165) is 45.3 Å². The average molecular weight is 285 g/mol. The molecule has 1 fully saturated rings. The number of thiocarbonyl (C=S) groups is 1. The third-order valence-corrected chi connectivity index (χ3v) is 4.49. The summed E-state index contributed by atoms with van der Waals surface area (Å²) in [7, 11) is 0. The third kappa shape index (κ3) is 5.87. The van der Waals surface area contributed by atoms with Crippen LogP contribution in [-0.4, -0.2) is 41.5 Å². The van der Waals surface area contributed by atoms with Crippen LogP contribution in [0.1, 0.15) is 46.5 Å². The van der Waals surface area contributed by atoms with E-state index in [2.05, 4.69) is 24.1 Å². The number of piperidine rings is 1. The molecule has 19 heavy (non-hydrogen) atoms. The Morgan fingerprint density at radius 3 is 2.47 bits per heavy atom. The lowest BCUT2D eigenvalue weighted by molar-refractivity contribution is -0.119. The lowest BCUT2D eigenvalue weighted by Gasteiger charge is -2.33. The van der Waals surface area contributed by atoms with Crippen LogP contribution in [-0.2, 0) is 4.79 Å². The van der Waals surface area contributed by atoms with E-state index in [9.17, 15) is 4.79 Å². The van der Waals surface area contributed by atoms with Crippen molar-refractivity contribution in [3.05, 3.63) is 0 Å². The fraction of sp³-hybridized carbons (Fsp3) is 0.857. The summed E-state index contributed by atoms with van der Waals surface area (Å²) in [5, 5.41) is 3.00. The summed E-state index contributed by atoms with van der Waals surface area (Å²) in [5.74, 6) is 0.0802. The Morgan fingerprint density at radius 2 is 2.00 bits per heavy atom. The van der Waals surface area contributed by atoms with Crippen molar-refractivity contribution in [3.63, 3.8) is 0 Å². The summed E-state index contributed by atoms with van der Waals surface area (Å²) in [5.41, 5.74) is 5.69. The molecule has 0 radical (unpaired) electrons. The Labute approximate surface area is 122 Å². The molecule has 4 nitrogen and oxygen atoms in total. The van der Waals surface area contributed by atoms with Gasteiger partial charge in [0, 0.05) is 31.5 Å². The monoisotopic (exact) mass is 285 g/mol. The van der Waals surface area contributed by atoms with Gasteiger partial charge in [0.1, 0.15) is 0 Å². The minimum atomic E-state index is -0.0379. The van der Waals surface area contributed by atoms with E-state index in [4.69, 9.17) is 18.0 Å². The Hall–Kier alpha value is -0.680. The Morgan fingerprint density at radius 1 is 1.42 bits per heavy atom. The summed E-state index contributed by atoms with van der Waals surface area (Å²) in [4.78, 5) is 14.1. The summed E-state index contributed by atoms with van der Waals surface area (Å²) in [6.45, 7) is 9.04. The number of rotatable bonds is 6. The van der Waals surface area contributed by atoms with Crippen molar-refractivity contribution in [1.82, 2.24) is 10.2 Å². The molecule has 0 aliphatic carbocycles. The predicted molar refractivity (Wildman–Crippen MR) is 83.1 cm³/mol. The van der Waals surface area contributed by atoms with Gasteiger partial charge in [-0.1, -0.05) is 26.1 Å². The van der Waals surface area contributed by atoms with Crippen molar-refractivity contribution in [3.8, 4) is 0 Å². The maximum atomic E-state index is 11.0. The van der Waals surface area contributed by atoms with Crippen molar-refractivity contribution < 1.29 is 4.79 Å². The first-order valence-corrected chi connectivity index (χ1v) is 7.51. The number of likely N-dealkylation sites (tertiary alicyclic amines) is 1. The lowest BCUT2D eigenvalue weighted by Crippen LogP contribution is -2.44. The van der Waals surface area contributed by atoms with Gasteiger partial charge in [0.2, 0.25) is 5.91 Å². The third-order valence-electron chi connectivity index (χ3n) is 3.94. The summed E-state index contributed by atoms with van der Waals surface area (Å²) < 4.78 is 0. The maximum Gasteiger partial charge on any atom is 0.217 e. The predicted octanol–water partition coefficient (Wildman–Crippen LogP) is 1.68. The van der Waals surface area contributed by atoms with E-state index in [-0.39, 0.29) is 11.3 Å². The molecule has 5 heteroatoms. The molecule has 110 valence electrons. The van der Waals surface area contributed by atoms with Gasteiger partial charge < -0.3 is 16.0 Å².